The van der Waals surface area contributed by atoms with E-state index in [0.29, 0.717) is 12.0 Å². The molecule has 0 heterocycles. The molecule has 19 heavy (non-hydrogen) atoms. The number of nitriles is 1. The van der Waals surface area contributed by atoms with Gasteiger partial charge in [0.25, 0.3) is 0 Å². The average Bonchev–Trinajstić information content (AvgIpc) is 2.37. The number of rotatable bonds is 5. The van der Waals surface area contributed by atoms with Crippen molar-refractivity contribution < 1.29 is 14.3 Å². The largest absolute Gasteiger partial charge is 0.426 e. The fourth-order valence-electron chi connectivity index (χ4n) is 1.49. The van der Waals surface area contributed by atoms with Crippen LogP contribution < -0.4 is 4.74 Å². The molecule has 0 aliphatic rings. The Bertz CT molecular complexity index is 526. The first kappa shape index (κ1) is 14.9. The second-order valence-electron chi connectivity index (χ2n) is 5.02. The summed E-state index contributed by atoms with van der Waals surface area (Å²) in [5, 5.41) is 8.87. The number of para-hydroxylation sites is 1. The number of ketones is 1. The third-order valence-electron chi connectivity index (χ3n) is 2.75. The molecule has 0 amide bonds. The Labute approximate surface area is 113 Å². The number of carbonyl (C=O) groups excluding carboxylic acids is 2. The number of nitrogens with zero attached hydrogens (tertiary/aromatic N) is 1. The normalized spacial score (nSPS) is 10.6. The van der Waals surface area contributed by atoms with Crippen LogP contribution in [0.25, 0.3) is 0 Å². The Morgan fingerprint density at radius 2 is 1.95 bits per heavy atom. The zero-order chi connectivity index (χ0) is 14.5. The van der Waals surface area contributed by atoms with Crippen LogP contribution in [0.4, 0.5) is 0 Å². The number of Topliss-reactive ketones (excluding diaryl/α,β-unsaturated/α-hetero) is 1. The quantitative estimate of drug-likeness (QED) is 0.463. The highest BCUT2D eigenvalue weighted by Crippen LogP contribution is 2.23. The highest BCUT2D eigenvalue weighted by Gasteiger charge is 2.19. The summed E-state index contributed by atoms with van der Waals surface area (Å²) in [6.07, 6.45) is 0.567. The zero-order valence-electron chi connectivity index (χ0n) is 11.4. The van der Waals surface area contributed by atoms with Gasteiger partial charge >= 0.3 is 5.97 Å². The van der Waals surface area contributed by atoms with Crippen molar-refractivity contribution in [1.29, 1.82) is 5.26 Å². The van der Waals surface area contributed by atoms with Gasteiger partial charge in [-0.15, -0.1) is 0 Å². The molecule has 0 spiro atoms. The Morgan fingerprint density at radius 1 is 1.32 bits per heavy atom. The first-order valence-corrected chi connectivity index (χ1v) is 6.07. The smallest absolute Gasteiger partial charge is 0.311 e. The molecular formula is C15H17NO3. The van der Waals surface area contributed by atoms with Gasteiger partial charge in [0.1, 0.15) is 5.75 Å². The van der Waals surface area contributed by atoms with Crippen LogP contribution in [0.15, 0.2) is 24.3 Å². The van der Waals surface area contributed by atoms with Gasteiger partial charge in [-0.05, 0) is 39.3 Å². The van der Waals surface area contributed by atoms with Crippen LogP contribution in [-0.2, 0) is 4.79 Å². The Hall–Kier alpha value is -2.15. The molecule has 1 aromatic carbocycles. The van der Waals surface area contributed by atoms with Crippen LogP contribution in [0.2, 0.25) is 0 Å². The average molecular weight is 259 g/mol. The van der Waals surface area contributed by atoms with E-state index in [1.807, 2.05) is 0 Å². The van der Waals surface area contributed by atoms with Gasteiger partial charge in [0.05, 0.1) is 17.0 Å². The molecule has 0 saturated heterocycles. The Balaban J connectivity index is 2.69. The van der Waals surface area contributed by atoms with Gasteiger partial charge in [0.15, 0.2) is 5.78 Å². The second-order valence-corrected chi connectivity index (χ2v) is 5.02. The summed E-state index contributed by atoms with van der Waals surface area (Å²) in [7, 11) is 0. The van der Waals surface area contributed by atoms with Gasteiger partial charge in [0, 0.05) is 6.42 Å². The standard InChI is InChI=1S/C15H17NO3/c1-11(17)12-6-4-5-7-13(12)19-14(18)8-9-15(2,3)10-16/h4-7H,8-9H2,1-3H3. The summed E-state index contributed by atoms with van der Waals surface area (Å²) in [4.78, 5) is 23.1. The predicted molar refractivity (Wildman–Crippen MR) is 70.7 cm³/mol. The minimum atomic E-state index is -0.556. The highest BCUT2D eigenvalue weighted by atomic mass is 16.5. The van der Waals surface area contributed by atoms with E-state index in [9.17, 15) is 9.59 Å². The van der Waals surface area contributed by atoms with Gasteiger partial charge in [-0.1, -0.05) is 12.1 Å². The molecule has 0 aliphatic carbocycles. The van der Waals surface area contributed by atoms with Crippen LogP contribution in [0.5, 0.6) is 5.75 Å². The molecule has 0 atom stereocenters. The topological polar surface area (TPSA) is 67.2 Å². The summed E-state index contributed by atoms with van der Waals surface area (Å²) in [5.41, 5.74) is -0.172. The van der Waals surface area contributed by atoms with Gasteiger partial charge < -0.3 is 4.74 Å². The minimum absolute atomic E-state index is 0.146. The molecule has 1 rings (SSSR count). The van der Waals surface area contributed by atoms with E-state index in [2.05, 4.69) is 6.07 Å². The monoisotopic (exact) mass is 259 g/mol. The maximum Gasteiger partial charge on any atom is 0.311 e. The lowest BCUT2D eigenvalue weighted by Crippen LogP contribution is -2.15. The lowest BCUT2D eigenvalue weighted by atomic mass is 9.90. The number of esters is 1. The molecule has 0 radical (unpaired) electrons. The summed E-state index contributed by atoms with van der Waals surface area (Å²) < 4.78 is 5.18. The van der Waals surface area contributed by atoms with E-state index in [-0.39, 0.29) is 18.0 Å². The first-order chi connectivity index (χ1) is 8.85. The maximum atomic E-state index is 11.7. The lowest BCUT2D eigenvalue weighted by Gasteiger charge is -2.14. The molecular weight excluding hydrogens is 242 g/mol. The molecule has 0 fully saturated rings. The van der Waals surface area contributed by atoms with Crippen LogP contribution in [-0.4, -0.2) is 11.8 Å². The van der Waals surface area contributed by atoms with Crippen molar-refractivity contribution in [2.45, 2.75) is 33.6 Å². The van der Waals surface area contributed by atoms with Crippen LogP contribution in [0.3, 0.4) is 0 Å². The molecule has 100 valence electrons. The molecule has 0 unspecified atom stereocenters. The second kappa shape index (κ2) is 6.14. The molecule has 0 bridgehead atoms. The molecule has 4 heteroatoms. The van der Waals surface area contributed by atoms with Crippen molar-refractivity contribution in [3.8, 4) is 11.8 Å². The van der Waals surface area contributed by atoms with Gasteiger partial charge in [-0.25, -0.2) is 0 Å². The summed E-state index contributed by atoms with van der Waals surface area (Å²) in [5.74, 6) is -0.312. The highest BCUT2D eigenvalue weighted by molar-refractivity contribution is 5.97. The van der Waals surface area contributed by atoms with Crippen LogP contribution in [0.1, 0.15) is 44.0 Å². The fraction of sp³-hybridized carbons (Fsp3) is 0.400. The van der Waals surface area contributed by atoms with Crippen LogP contribution >= 0.6 is 0 Å². The van der Waals surface area contributed by atoms with Crippen molar-refractivity contribution in [2.24, 2.45) is 5.41 Å². The van der Waals surface area contributed by atoms with Crippen LogP contribution in [0, 0.1) is 16.7 Å². The van der Waals surface area contributed by atoms with E-state index >= 15 is 0 Å². The van der Waals surface area contributed by atoms with Crippen molar-refractivity contribution in [1.82, 2.24) is 0 Å². The Morgan fingerprint density at radius 3 is 2.53 bits per heavy atom. The van der Waals surface area contributed by atoms with Gasteiger partial charge in [0.2, 0.25) is 0 Å². The number of hydrogen-bond donors (Lipinski definition) is 0. The molecule has 0 N–H and O–H groups in total. The third-order valence-corrected chi connectivity index (χ3v) is 2.75. The number of ether oxygens (including phenoxy) is 1. The number of carbonyl (C=O) groups is 2. The maximum absolute atomic E-state index is 11.7. The Kier molecular flexibility index (Phi) is 4.82. The zero-order valence-corrected chi connectivity index (χ0v) is 11.4. The third kappa shape index (κ3) is 4.55. The molecule has 4 nitrogen and oxygen atoms in total. The number of hydrogen-bond acceptors (Lipinski definition) is 4. The predicted octanol–water partition coefficient (Wildman–Crippen LogP) is 3.12. The van der Waals surface area contributed by atoms with E-state index < -0.39 is 11.4 Å². The van der Waals surface area contributed by atoms with Crippen molar-refractivity contribution in [3.63, 3.8) is 0 Å². The number of benzene rings is 1. The van der Waals surface area contributed by atoms with Crippen molar-refractivity contribution >= 4 is 11.8 Å². The first-order valence-electron chi connectivity index (χ1n) is 6.07. The fourth-order valence-corrected chi connectivity index (χ4v) is 1.49. The SMILES string of the molecule is CC(=O)c1ccccc1OC(=O)CCC(C)(C)C#N. The van der Waals surface area contributed by atoms with Crippen molar-refractivity contribution in [3.05, 3.63) is 29.8 Å². The van der Waals surface area contributed by atoms with E-state index in [4.69, 9.17) is 10.00 Å². The molecule has 1 aromatic rings. The molecule has 0 aliphatic heterocycles. The van der Waals surface area contributed by atoms with E-state index in [1.165, 1.54) is 6.92 Å². The summed E-state index contributed by atoms with van der Waals surface area (Å²) in [6.45, 7) is 4.96. The van der Waals surface area contributed by atoms with E-state index in [1.54, 1.807) is 38.1 Å². The molecule has 0 saturated carbocycles. The lowest BCUT2D eigenvalue weighted by molar-refractivity contribution is -0.134. The summed E-state index contributed by atoms with van der Waals surface area (Å²) in [6, 6.07) is 8.75. The summed E-state index contributed by atoms with van der Waals surface area (Å²) >= 11 is 0. The van der Waals surface area contributed by atoms with Gasteiger partial charge in [-0.3, -0.25) is 9.59 Å². The van der Waals surface area contributed by atoms with E-state index in [0.717, 1.165) is 0 Å². The van der Waals surface area contributed by atoms with Gasteiger partial charge in [-0.2, -0.15) is 5.26 Å². The molecule has 0 aromatic heterocycles. The van der Waals surface area contributed by atoms with Crippen molar-refractivity contribution in [2.75, 3.05) is 0 Å². The minimum Gasteiger partial charge on any atom is -0.426 e.